The molecule has 22 heavy (non-hydrogen) atoms. The zero-order chi connectivity index (χ0) is 15.6. The van der Waals surface area contributed by atoms with E-state index in [2.05, 4.69) is 28.6 Å². The Morgan fingerprint density at radius 3 is 2.91 bits per heavy atom. The summed E-state index contributed by atoms with van der Waals surface area (Å²) in [6.45, 7) is 4.38. The van der Waals surface area contributed by atoms with Gasteiger partial charge in [-0.2, -0.15) is 0 Å². The SMILES string of the molecule is CCNC(=NCc1cccc(O)c1)NCCC1=CCCCC1. The molecule has 4 heteroatoms. The van der Waals surface area contributed by atoms with Gasteiger partial charge in [-0.25, -0.2) is 4.99 Å². The van der Waals surface area contributed by atoms with Crippen molar-refractivity contribution in [3.05, 3.63) is 41.5 Å². The molecule has 0 aromatic heterocycles. The lowest BCUT2D eigenvalue weighted by Gasteiger charge is -2.15. The van der Waals surface area contributed by atoms with Crippen molar-refractivity contribution in [1.29, 1.82) is 0 Å². The van der Waals surface area contributed by atoms with Crippen molar-refractivity contribution in [2.24, 2.45) is 4.99 Å². The first kappa shape index (κ1) is 16.4. The Balaban J connectivity index is 1.83. The van der Waals surface area contributed by atoms with Crippen LogP contribution in [0, 0.1) is 0 Å². The number of rotatable bonds is 6. The summed E-state index contributed by atoms with van der Waals surface area (Å²) in [5.41, 5.74) is 2.58. The fourth-order valence-corrected chi connectivity index (χ4v) is 2.64. The second-order valence-electron chi connectivity index (χ2n) is 5.65. The van der Waals surface area contributed by atoms with Gasteiger partial charge in [-0.15, -0.1) is 0 Å². The van der Waals surface area contributed by atoms with Crippen molar-refractivity contribution >= 4 is 5.96 Å². The Morgan fingerprint density at radius 1 is 1.27 bits per heavy atom. The average molecular weight is 301 g/mol. The quantitative estimate of drug-likeness (QED) is 0.429. The van der Waals surface area contributed by atoms with Gasteiger partial charge in [-0.05, 0) is 56.7 Å². The predicted octanol–water partition coefficient (Wildman–Crippen LogP) is 3.34. The van der Waals surface area contributed by atoms with Gasteiger partial charge in [0.2, 0.25) is 0 Å². The fraction of sp³-hybridized carbons (Fsp3) is 0.500. The molecule has 0 unspecified atom stereocenters. The number of guanidine groups is 1. The van der Waals surface area contributed by atoms with E-state index >= 15 is 0 Å². The Labute approximate surface area is 133 Å². The number of nitrogens with one attached hydrogen (secondary N) is 2. The van der Waals surface area contributed by atoms with Gasteiger partial charge in [0, 0.05) is 13.1 Å². The molecule has 2 rings (SSSR count). The molecule has 1 aliphatic carbocycles. The number of aliphatic imine (C=N–C) groups is 1. The van der Waals surface area contributed by atoms with Gasteiger partial charge in [-0.1, -0.05) is 23.8 Å². The molecule has 0 amide bonds. The molecule has 1 aromatic rings. The Morgan fingerprint density at radius 2 is 2.18 bits per heavy atom. The molecule has 0 spiro atoms. The molecule has 0 saturated heterocycles. The van der Waals surface area contributed by atoms with E-state index in [4.69, 9.17) is 0 Å². The van der Waals surface area contributed by atoms with Gasteiger partial charge in [0.05, 0.1) is 6.54 Å². The molecule has 0 radical (unpaired) electrons. The van der Waals surface area contributed by atoms with Gasteiger partial charge in [0.25, 0.3) is 0 Å². The van der Waals surface area contributed by atoms with Crippen LogP contribution in [0.4, 0.5) is 0 Å². The highest BCUT2D eigenvalue weighted by atomic mass is 16.3. The second-order valence-corrected chi connectivity index (χ2v) is 5.65. The molecule has 0 saturated carbocycles. The van der Waals surface area contributed by atoms with Crippen molar-refractivity contribution in [2.75, 3.05) is 13.1 Å². The standard InChI is InChI=1S/C18H27N3O/c1-2-19-18(20-12-11-15-7-4-3-5-8-15)21-14-16-9-6-10-17(22)13-16/h6-7,9-10,13,22H,2-5,8,11-12,14H2,1H3,(H2,19,20,21). The average Bonchev–Trinajstić information content (AvgIpc) is 2.54. The maximum atomic E-state index is 9.48. The lowest BCUT2D eigenvalue weighted by Crippen LogP contribution is -2.37. The van der Waals surface area contributed by atoms with Crippen molar-refractivity contribution in [2.45, 2.75) is 45.6 Å². The normalized spacial score (nSPS) is 15.3. The van der Waals surface area contributed by atoms with E-state index in [0.29, 0.717) is 6.54 Å². The predicted molar refractivity (Wildman–Crippen MR) is 92.1 cm³/mol. The smallest absolute Gasteiger partial charge is 0.191 e. The topological polar surface area (TPSA) is 56.7 Å². The van der Waals surface area contributed by atoms with Crippen LogP contribution >= 0.6 is 0 Å². The minimum atomic E-state index is 0.287. The van der Waals surface area contributed by atoms with Gasteiger partial charge >= 0.3 is 0 Å². The Bertz CT molecular complexity index is 523. The summed E-state index contributed by atoms with van der Waals surface area (Å²) in [5.74, 6) is 1.12. The minimum Gasteiger partial charge on any atom is -0.508 e. The maximum absolute atomic E-state index is 9.48. The monoisotopic (exact) mass is 301 g/mol. The molecule has 1 aromatic carbocycles. The zero-order valence-corrected chi connectivity index (χ0v) is 13.4. The lowest BCUT2D eigenvalue weighted by molar-refractivity contribution is 0.474. The summed E-state index contributed by atoms with van der Waals surface area (Å²) in [6.07, 6.45) is 8.64. The molecule has 0 heterocycles. The highest BCUT2D eigenvalue weighted by Gasteiger charge is 2.04. The largest absolute Gasteiger partial charge is 0.508 e. The van der Waals surface area contributed by atoms with E-state index in [-0.39, 0.29) is 5.75 Å². The summed E-state index contributed by atoms with van der Waals surface area (Å²) in [7, 11) is 0. The van der Waals surface area contributed by atoms with E-state index in [0.717, 1.165) is 31.0 Å². The third-order valence-corrected chi connectivity index (χ3v) is 3.80. The number of nitrogens with zero attached hydrogens (tertiary/aromatic N) is 1. The van der Waals surface area contributed by atoms with Crippen molar-refractivity contribution < 1.29 is 5.11 Å². The summed E-state index contributed by atoms with van der Waals surface area (Å²) in [4.78, 5) is 4.57. The van der Waals surface area contributed by atoms with Crippen LogP contribution in [0.25, 0.3) is 0 Å². The molecule has 120 valence electrons. The van der Waals surface area contributed by atoms with Crippen molar-refractivity contribution in [3.63, 3.8) is 0 Å². The number of phenols is 1. The molecule has 4 nitrogen and oxygen atoms in total. The van der Waals surface area contributed by atoms with Crippen molar-refractivity contribution in [3.8, 4) is 5.75 Å². The number of phenolic OH excluding ortho intramolecular Hbond substituents is 1. The van der Waals surface area contributed by atoms with E-state index in [9.17, 15) is 5.11 Å². The first-order valence-corrected chi connectivity index (χ1v) is 8.26. The van der Waals surface area contributed by atoms with Crippen LogP contribution in [-0.4, -0.2) is 24.2 Å². The number of benzene rings is 1. The third-order valence-electron chi connectivity index (χ3n) is 3.80. The van der Waals surface area contributed by atoms with Gasteiger partial charge in [-0.3, -0.25) is 0 Å². The molecule has 3 N–H and O–H groups in total. The molecular formula is C18H27N3O. The van der Waals surface area contributed by atoms with Crippen LogP contribution in [0.15, 0.2) is 40.9 Å². The highest BCUT2D eigenvalue weighted by molar-refractivity contribution is 5.79. The third kappa shape index (κ3) is 5.80. The first-order valence-electron chi connectivity index (χ1n) is 8.26. The maximum Gasteiger partial charge on any atom is 0.191 e. The number of allylic oxidation sites excluding steroid dienone is 1. The van der Waals surface area contributed by atoms with E-state index < -0.39 is 0 Å². The number of aromatic hydroxyl groups is 1. The summed E-state index contributed by atoms with van der Waals surface area (Å²) in [6, 6.07) is 7.24. The van der Waals surface area contributed by atoms with Gasteiger partial charge in [0.15, 0.2) is 5.96 Å². The molecule has 0 atom stereocenters. The van der Waals surface area contributed by atoms with Crippen molar-refractivity contribution in [1.82, 2.24) is 10.6 Å². The summed E-state index contributed by atoms with van der Waals surface area (Å²) >= 11 is 0. The molecule has 0 aliphatic heterocycles. The number of hydrogen-bond donors (Lipinski definition) is 3. The summed E-state index contributed by atoms with van der Waals surface area (Å²) < 4.78 is 0. The second kappa shape index (κ2) is 9.13. The molecule has 0 fully saturated rings. The molecule has 1 aliphatic rings. The Hall–Kier alpha value is -1.97. The van der Waals surface area contributed by atoms with Gasteiger partial charge < -0.3 is 15.7 Å². The fourth-order valence-electron chi connectivity index (χ4n) is 2.64. The number of hydrogen-bond acceptors (Lipinski definition) is 2. The van der Waals surface area contributed by atoms with E-state index in [1.54, 1.807) is 17.7 Å². The first-order chi connectivity index (χ1) is 10.8. The molecule has 0 bridgehead atoms. The van der Waals surface area contributed by atoms with Crippen LogP contribution in [0.1, 0.15) is 44.6 Å². The van der Waals surface area contributed by atoms with Crippen LogP contribution in [0.2, 0.25) is 0 Å². The van der Waals surface area contributed by atoms with Crippen LogP contribution < -0.4 is 10.6 Å². The highest BCUT2D eigenvalue weighted by Crippen LogP contribution is 2.19. The zero-order valence-electron chi connectivity index (χ0n) is 13.4. The minimum absolute atomic E-state index is 0.287. The lowest BCUT2D eigenvalue weighted by atomic mass is 9.97. The Kier molecular flexibility index (Phi) is 6.81. The molecular weight excluding hydrogens is 274 g/mol. The van der Waals surface area contributed by atoms with E-state index in [1.165, 1.54) is 25.7 Å². The van der Waals surface area contributed by atoms with Crippen LogP contribution in [-0.2, 0) is 6.54 Å². The van der Waals surface area contributed by atoms with E-state index in [1.807, 2.05) is 12.1 Å². The van der Waals surface area contributed by atoms with Gasteiger partial charge in [0.1, 0.15) is 5.75 Å². The van der Waals surface area contributed by atoms with Crippen LogP contribution in [0.3, 0.4) is 0 Å². The van der Waals surface area contributed by atoms with Crippen LogP contribution in [0.5, 0.6) is 5.75 Å². The summed E-state index contributed by atoms with van der Waals surface area (Å²) in [5, 5.41) is 16.1.